The lowest BCUT2D eigenvalue weighted by molar-refractivity contribution is -0.432. The highest BCUT2D eigenvalue weighted by Gasteiger charge is 2.23. The minimum atomic E-state index is -1.33. The van der Waals surface area contributed by atoms with Gasteiger partial charge in [-0.15, -0.1) is 14.6 Å². The van der Waals surface area contributed by atoms with Crippen LogP contribution in [-0.2, 0) is 22.8 Å². The molecule has 0 radical (unpaired) electrons. The van der Waals surface area contributed by atoms with Crippen molar-refractivity contribution in [3.05, 3.63) is 45.2 Å². The zero-order chi connectivity index (χ0) is 21.7. The molecule has 2 aromatic rings. The maximum absolute atomic E-state index is 12.5. The number of nitrogens with two attached hydrogens (primary N) is 1. The molecule has 1 aromatic carbocycles. The number of primary amides is 1. The van der Waals surface area contributed by atoms with Crippen LogP contribution in [0.1, 0.15) is 33.2 Å². The predicted octanol–water partition coefficient (Wildman–Crippen LogP) is 2.29. The summed E-state index contributed by atoms with van der Waals surface area (Å²) in [6, 6.07) is 3.89. The zero-order valence-corrected chi connectivity index (χ0v) is 16.0. The van der Waals surface area contributed by atoms with E-state index in [1.807, 2.05) is 0 Å². The van der Waals surface area contributed by atoms with Gasteiger partial charge in [0.15, 0.2) is 5.69 Å². The molecule has 1 aromatic heterocycles. The number of carboxylic acids is 1. The summed E-state index contributed by atoms with van der Waals surface area (Å²) in [4.78, 5) is 36.0. The van der Waals surface area contributed by atoms with E-state index >= 15 is 0 Å². The van der Waals surface area contributed by atoms with Gasteiger partial charge in [-0.3, -0.25) is 14.2 Å². The summed E-state index contributed by atoms with van der Waals surface area (Å²) in [5, 5.41) is 38.7. The maximum Gasteiger partial charge on any atom is 0.338 e. The number of benzene rings is 1. The normalized spacial score (nSPS) is 11.1. The van der Waals surface area contributed by atoms with Crippen molar-refractivity contribution in [3.63, 3.8) is 0 Å². The first-order chi connectivity index (χ1) is 13.7. The van der Waals surface area contributed by atoms with Crippen molar-refractivity contribution in [1.29, 1.82) is 0 Å². The molecule has 154 valence electrons. The molecule has 2 rings (SSSR count). The van der Waals surface area contributed by atoms with Crippen molar-refractivity contribution < 1.29 is 34.4 Å². The van der Waals surface area contributed by atoms with Crippen molar-refractivity contribution in [3.8, 4) is 5.88 Å². The fourth-order valence-corrected chi connectivity index (χ4v) is 2.89. The van der Waals surface area contributed by atoms with Crippen LogP contribution in [0.5, 0.6) is 5.88 Å². The Morgan fingerprint density at radius 3 is 2.55 bits per heavy atom. The Kier molecular flexibility index (Phi) is 7.06. The lowest BCUT2D eigenvalue weighted by Crippen LogP contribution is -2.24. The van der Waals surface area contributed by atoms with E-state index in [9.17, 15) is 24.6 Å². The van der Waals surface area contributed by atoms with E-state index in [0.717, 1.165) is 4.57 Å². The molecule has 0 saturated carbocycles. The Morgan fingerprint density at radius 1 is 1.31 bits per heavy atom. The molecule has 0 aliphatic rings. The number of nitrogens with zero attached hydrogens (tertiary/aromatic N) is 3. The van der Waals surface area contributed by atoms with Crippen LogP contribution in [0.2, 0.25) is 0 Å². The van der Waals surface area contributed by atoms with E-state index in [-0.39, 0.29) is 39.4 Å². The van der Waals surface area contributed by atoms with Crippen molar-refractivity contribution in [2.24, 2.45) is 23.0 Å². The van der Waals surface area contributed by atoms with E-state index < -0.39 is 23.3 Å². The third-order valence-corrected chi connectivity index (χ3v) is 4.43. The highest BCUT2D eigenvalue weighted by molar-refractivity contribution is 7.94. The van der Waals surface area contributed by atoms with Crippen LogP contribution in [0.3, 0.4) is 0 Å². The minimum Gasteiger partial charge on any atom is -0.494 e. The van der Waals surface area contributed by atoms with Crippen LogP contribution >= 0.6 is 12.0 Å². The topological polar surface area (TPSA) is 186 Å². The number of carbonyl (C=O) groups is 2. The molecule has 0 unspecified atom stereocenters. The number of carbonyl (C=O) groups excluding carboxylic acids is 1. The number of aromatic hydroxyl groups is 1. The Balaban J connectivity index is 2.61. The van der Waals surface area contributed by atoms with Gasteiger partial charge >= 0.3 is 5.97 Å². The predicted molar refractivity (Wildman–Crippen MR) is 99.5 cm³/mol. The average molecular weight is 424 g/mol. The fraction of sp³-hybridized carbons (Fsp3) is 0.188. The van der Waals surface area contributed by atoms with Gasteiger partial charge in [0.2, 0.25) is 5.88 Å². The number of aromatic carboxylic acids is 1. The summed E-state index contributed by atoms with van der Waals surface area (Å²) in [7, 11) is 1.22. The molecule has 5 N–H and O–H groups in total. The molecule has 0 fully saturated rings. The number of hydrogen-bond donors (Lipinski definition) is 4. The van der Waals surface area contributed by atoms with Gasteiger partial charge in [-0.1, -0.05) is 12.0 Å². The summed E-state index contributed by atoms with van der Waals surface area (Å²) < 4.78 is 5.03. The molecule has 0 aliphatic carbocycles. The number of rotatable bonds is 8. The monoisotopic (exact) mass is 424 g/mol. The van der Waals surface area contributed by atoms with Crippen LogP contribution in [0.15, 0.2) is 38.1 Å². The fourth-order valence-electron chi connectivity index (χ4n) is 2.50. The molecule has 1 heterocycles. The molecular weight excluding hydrogens is 408 g/mol. The number of aromatic nitrogens is 1. The van der Waals surface area contributed by atoms with E-state index in [1.165, 1.54) is 25.2 Å². The molecular formula is C16H16N4O8S. The smallest absolute Gasteiger partial charge is 0.338 e. The SMILES string of the molecule is CCc1c(C(N)=O)c(O)n(C)c(=O)c1N=Nc1ccc(SOOO)cc1C(=O)O. The second-order valence-corrected chi connectivity index (χ2v) is 6.29. The van der Waals surface area contributed by atoms with Gasteiger partial charge in [0, 0.05) is 17.5 Å². The number of hydrogen-bond acceptors (Lipinski definition) is 10. The second kappa shape index (κ2) is 9.29. The van der Waals surface area contributed by atoms with Crippen molar-refractivity contribution in [1.82, 2.24) is 4.57 Å². The van der Waals surface area contributed by atoms with E-state index in [1.54, 1.807) is 6.92 Å². The van der Waals surface area contributed by atoms with Gasteiger partial charge in [-0.2, -0.15) is 0 Å². The van der Waals surface area contributed by atoms with Crippen LogP contribution in [0, 0.1) is 0 Å². The van der Waals surface area contributed by atoms with Gasteiger partial charge in [-0.25, -0.2) is 10.1 Å². The standard InChI is InChI=1S/C16H16N4O8S/c1-3-8-11(13(17)21)14(22)20(2)15(23)12(8)19-18-10-5-4-7(29-28-27-26)6-9(10)16(24)25/h4-6,22,26H,3H2,1-2H3,(H2,17,21)(H,24,25). The van der Waals surface area contributed by atoms with Crippen LogP contribution in [0.25, 0.3) is 0 Å². The summed E-state index contributed by atoms with van der Waals surface area (Å²) in [5.74, 6) is -2.89. The number of pyridine rings is 1. The molecule has 12 nitrogen and oxygen atoms in total. The Morgan fingerprint density at radius 2 is 2.00 bits per heavy atom. The molecule has 0 atom stereocenters. The molecule has 13 heteroatoms. The van der Waals surface area contributed by atoms with Gasteiger partial charge < -0.3 is 15.9 Å². The summed E-state index contributed by atoms with van der Waals surface area (Å²) in [6.45, 7) is 1.62. The molecule has 0 aliphatic heterocycles. The minimum absolute atomic E-state index is 0.0828. The van der Waals surface area contributed by atoms with Crippen molar-refractivity contribution in [2.45, 2.75) is 18.2 Å². The van der Waals surface area contributed by atoms with Gasteiger partial charge in [-0.05, 0) is 24.6 Å². The Labute approximate surface area is 167 Å². The van der Waals surface area contributed by atoms with E-state index in [2.05, 4.69) is 19.6 Å². The van der Waals surface area contributed by atoms with Crippen LogP contribution in [0.4, 0.5) is 11.4 Å². The number of azo groups is 1. The first-order valence-corrected chi connectivity index (χ1v) is 8.65. The molecule has 1 amide bonds. The number of carboxylic acid groups (broad SMARTS) is 1. The first kappa shape index (κ1) is 22.0. The number of amides is 1. The quantitative estimate of drug-likeness (QED) is 0.213. The second-order valence-electron chi connectivity index (χ2n) is 5.52. The lowest BCUT2D eigenvalue weighted by atomic mass is 10.0. The summed E-state index contributed by atoms with van der Waals surface area (Å²) in [6.07, 6.45) is 0.135. The van der Waals surface area contributed by atoms with Crippen molar-refractivity contribution >= 4 is 35.3 Å². The Hall–Kier alpha value is -3.26. The maximum atomic E-state index is 12.5. The summed E-state index contributed by atoms with van der Waals surface area (Å²) in [5.41, 5.74) is 3.75. The van der Waals surface area contributed by atoms with Crippen molar-refractivity contribution in [2.75, 3.05) is 0 Å². The summed E-state index contributed by atoms with van der Waals surface area (Å²) >= 11 is 0.552. The van der Waals surface area contributed by atoms with Gasteiger partial charge in [0.1, 0.15) is 11.3 Å². The first-order valence-electron chi connectivity index (χ1n) is 7.91. The highest BCUT2D eigenvalue weighted by atomic mass is 32.2. The van der Waals surface area contributed by atoms with E-state index in [0.29, 0.717) is 12.0 Å². The molecule has 0 spiro atoms. The highest BCUT2D eigenvalue weighted by Crippen LogP contribution is 2.31. The Bertz CT molecular complexity index is 1050. The van der Waals surface area contributed by atoms with E-state index in [4.69, 9.17) is 11.0 Å². The third-order valence-electron chi connectivity index (χ3n) is 3.85. The van der Waals surface area contributed by atoms with Gasteiger partial charge in [0.25, 0.3) is 11.5 Å². The molecule has 0 saturated heterocycles. The van der Waals surface area contributed by atoms with Crippen LogP contribution in [-0.4, -0.2) is 31.9 Å². The third kappa shape index (κ3) is 4.60. The molecule has 29 heavy (non-hydrogen) atoms. The average Bonchev–Trinajstić information content (AvgIpc) is 2.69. The van der Waals surface area contributed by atoms with Gasteiger partial charge in [0.05, 0.1) is 17.6 Å². The zero-order valence-electron chi connectivity index (χ0n) is 15.1. The largest absolute Gasteiger partial charge is 0.494 e. The molecule has 0 bridgehead atoms. The lowest BCUT2D eigenvalue weighted by Gasteiger charge is -2.12. The van der Waals surface area contributed by atoms with Crippen LogP contribution < -0.4 is 11.3 Å².